The van der Waals surface area contributed by atoms with Crippen LogP contribution in [0.25, 0.3) is 0 Å². The van der Waals surface area contributed by atoms with Gasteiger partial charge in [-0.1, -0.05) is 29.8 Å². The Kier molecular flexibility index (Phi) is 9.83. The summed E-state index contributed by atoms with van der Waals surface area (Å²) in [5, 5.41) is 0.586. The van der Waals surface area contributed by atoms with Crippen molar-refractivity contribution < 1.29 is 32.6 Å². The van der Waals surface area contributed by atoms with Crippen LogP contribution >= 0.6 is 11.6 Å². The maximum Gasteiger partial charge on any atom is 0.377 e. The van der Waals surface area contributed by atoms with Crippen molar-refractivity contribution in [2.75, 3.05) is 29.6 Å². The second kappa shape index (κ2) is 13.3. The molecule has 2 amide bonds. The SMILES string of the molecule is CCOC(=O)C(F)(F)CCOc1ccc(C(=O)N2c3ccccc3[C@@H](C(=O)N(CC)c3ccc(Cl)cc3)C[C@@H]2C)cc1. The average Bonchev–Trinajstić information content (AvgIpc) is 2.98. The number of para-hydroxylation sites is 1. The number of amides is 2. The standard InChI is InChI=1S/C32H33ClF2N2O5/c1-4-36(24-14-12-23(33)13-15-24)30(39)27-20-21(3)37(28-9-7-6-8-26(27)28)29(38)22-10-16-25(17-11-22)42-19-18-32(34,35)31(40)41-5-2/h6-17,21,27H,4-5,18-20H2,1-3H3/t21-,27-/m0/s1. The van der Waals surface area contributed by atoms with E-state index in [1.54, 1.807) is 34.1 Å². The molecular formula is C32H33ClF2N2O5. The van der Waals surface area contributed by atoms with Crippen molar-refractivity contribution >= 4 is 40.8 Å². The van der Waals surface area contributed by atoms with Crippen molar-refractivity contribution in [1.82, 2.24) is 0 Å². The monoisotopic (exact) mass is 598 g/mol. The zero-order valence-electron chi connectivity index (χ0n) is 23.7. The number of carbonyl (C=O) groups is 3. The Morgan fingerprint density at radius 1 is 1.00 bits per heavy atom. The number of carbonyl (C=O) groups excluding carboxylic acids is 3. The van der Waals surface area contributed by atoms with Gasteiger partial charge in [-0.3, -0.25) is 9.59 Å². The van der Waals surface area contributed by atoms with Crippen molar-refractivity contribution in [3.63, 3.8) is 0 Å². The number of nitrogens with zero attached hydrogens (tertiary/aromatic N) is 2. The highest BCUT2D eigenvalue weighted by Crippen LogP contribution is 2.41. The summed E-state index contributed by atoms with van der Waals surface area (Å²) >= 11 is 6.05. The molecule has 0 bridgehead atoms. The van der Waals surface area contributed by atoms with E-state index in [0.717, 1.165) is 11.3 Å². The normalized spacial score (nSPS) is 16.4. The van der Waals surface area contributed by atoms with E-state index in [0.29, 0.717) is 29.2 Å². The number of hydrogen-bond donors (Lipinski definition) is 0. The van der Waals surface area contributed by atoms with Gasteiger partial charge in [-0.25, -0.2) is 4.79 Å². The van der Waals surface area contributed by atoms with Gasteiger partial charge in [0.1, 0.15) is 5.75 Å². The lowest BCUT2D eigenvalue weighted by atomic mass is 9.84. The van der Waals surface area contributed by atoms with Gasteiger partial charge in [-0.2, -0.15) is 8.78 Å². The number of hydrogen-bond acceptors (Lipinski definition) is 5. The van der Waals surface area contributed by atoms with Crippen LogP contribution in [0, 0.1) is 0 Å². The molecular weight excluding hydrogens is 566 g/mol. The van der Waals surface area contributed by atoms with Crippen LogP contribution in [0.3, 0.4) is 0 Å². The maximum absolute atomic E-state index is 13.9. The first-order valence-electron chi connectivity index (χ1n) is 13.8. The number of rotatable bonds is 10. The molecule has 0 spiro atoms. The van der Waals surface area contributed by atoms with Gasteiger partial charge in [0.2, 0.25) is 5.91 Å². The zero-order chi connectivity index (χ0) is 30.4. The van der Waals surface area contributed by atoms with Crippen LogP contribution in [0.4, 0.5) is 20.2 Å². The minimum Gasteiger partial charge on any atom is -0.493 e. The quantitative estimate of drug-likeness (QED) is 0.238. The Balaban J connectivity index is 1.49. The van der Waals surface area contributed by atoms with Crippen LogP contribution < -0.4 is 14.5 Å². The Hall–Kier alpha value is -3.98. The van der Waals surface area contributed by atoms with E-state index >= 15 is 0 Å². The molecule has 0 unspecified atom stereocenters. The Labute approximate surface area is 249 Å². The van der Waals surface area contributed by atoms with Crippen molar-refractivity contribution in [1.29, 1.82) is 0 Å². The summed E-state index contributed by atoms with van der Waals surface area (Å²) in [7, 11) is 0. The first kappa shape index (κ1) is 31.0. The highest BCUT2D eigenvalue weighted by atomic mass is 35.5. The smallest absolute Gasteiger partial charge is 0.377 e. The number of likely N-dealkylation sites (N-methyl/N-ethyl adjacent to an activating group) is 1. The molecule has 222 valence electrons. The van der Waals surface area contributed by atoms with E-state index in [2.05, 4.69) is 4.74 Å². The maximum atomic E-state index is 13.9. The molecule has 0 radical (unpaired) electrons. The van der Waals surface area contributed by atoms with Gasteiger partial charge in [-0.15, -0.1) is 0 Å². The summed E-state index contributed by atoms with van der Waals surface area (Å²) < 4.78 is 37.5. The third-order valence-electron chi connectivity index (χ3n) is 7.19. The number of halogens is 3. The lowest BCUT2D eigenvalue weighted by molar-refractivity contribution is -0.173. The Bertz CT molecular complexity index is 1420. The highest BCUT2D eigenvalue weighted by molar-refractivity contribution is 6.30. The third kappa shape index (κ3) is 6.73. The van der Waals surface area contributed by atoms with E-state index < -0.39 is 30.8 Å². The minimum absolute atomic E-state index is 0.0544. The van der Waals surface area contributed by atoms with Crippen LogP contribution in [0.5, 0.6) is 5.75 Å². The summed E-state index contributed by atoms with van der Waals surface area (Å²) in [4.78, 5) is 42.3. The van der Waals surface area contributed by atoms with Crippen LogP contribution in [0.15, 0.2) is 72.8 Å². The molecule has 10 heteroatoms. The van der Waals surface area contributed by atoms with Crippen molar-refractivity contribution in [2.24, 2.45) is 0 Å². The zero-order valence-corrected chi connectivity index (χ0v) is 24.4. The van der Waals surface area contributed by atoms with Crippen molar-refractivity contribution in [2.45, 2.75) is 51.5 Å². The largest absolute Gasteiger partial charge is 0.493 e. The summed E-state index contributed by atoms with van der Waals surface area (Å²) in [6.45, 7) is 5.22. The summed E-state index contributed by atoms with van der Waals surface area (Å²) in [6.07, 6.45) is -0.399. The molecule has 0 saturated heterocycles. The average molecular weight is 599 g/mol. The molecule has 0 N–H and O–H groups in total. The molecule has 7 nitrogen and oxygen atoms in total. The molecule has 0 aliphatic carbocycles. The van der Waals surface area contributed by atoms with E-state index in [1.165, 1.54) is 19.1 Å². The predicted octanol–water partition coefficient (Wildman–Crippen LogP) is 6.88. The fourth-order valence-corrected chi connectivity index (χ4v) is 5.23. The second-order valence-electron chi connectivity index (χ2n) is 9.98. The third-order valence-corrected chi connectivity index (χ3v) is 7.44. The summed E-state index contributed by atoms with van der Waals surface area (Å²) in [5.74, 6) is -5.70. The van der Waals surface area contributed by atoms with Crippen LogP contribution in [0.2, 0.25) is 5.02 Å². The first-order chi connectivity index (χ1) is 20.1. The molecule has 0 fully saturated rings. The van der Waals surface area contributed by atoms with E-state index in [9.17, 15) is 23.2 Å². The molecule has 1 aliphatic heterocycles. The van der Waals surface area contributed by atoms with E-state index in [1.807, 2.05) is 50.2 Å². The molecule has 1 aliphatic rings. The number of alkyl halides is 2. The predicted molar refractivity (Wildman–Crippen MR) is 158 cm³/mol. The fraction of sp³-hybridized carbons (Fsp3) is 0.344. The van der Waals surface area contributed by atoms with Crippen LogP contribution in [-0.2, 0) is 14.3 Å². The number of esters is 1. The lowest BCUT2D eigenvalue weighted by Crippen LogP contribution is -2.46. The number of benzene rings is 3. The molecule has 42 heavy (non-hydrogen) atoms. The Morgan fingerprint density at radius 2 is 1.67 bits per heavy atom. The van der Waals surface area contributed by atoms with Gasteiger partial charge in [-0.05, 0) is 87.4 Å². The number of ether oxygens (including phenoxy) is 2. The van der Waals surface area contributed by atoms with Gasteiger partial charge >= 0.3 is 11.9 Å². The van der Waals surface area contributed by atoms with Gasteiger partial charge in [0, 0.05) is 34.5 Å². The van der Waals surface area contributed by atoms with Gasteiger partial charge < -0.3 is 19.3 Å². The van der Waals surface area contributed by atoms with Crippen molar-refractivity contribution in [3.05, 3.63) is 88.9 Å². The molecule has 2 atom stereocenters. The van der Waals surface area contributed by atoms with Gasteiger partial charge in [0.25, 0.3) is 5.91 Å². The molecule has 0 aromatic heterocycles. The van der Waals surface area contributed by atoms with E-state index in [-0.39, 0.29) is 30.2 Å². The number of anilines is 2. The van der Waals surface area contributed by atoms with Gasteiger partial charge in [0.15, 0.2) is 0 Å². The first-order valence-corrected chi connectivity index (χ1v) is 14.2. The van der Waals surface area contributed by atoms with Crippen LogP contribution in [-0.4, -0.2) is 49.5 Å². The minimum atomic E-state index is -3.65. The number of fused-ring (bicyclic) bond motifs is 1. The molecule has 0 saturated carbocycles. The molecule has 3 aromatic carbocycles. The lowest BCUT2D eigenvalue weighted by Gasteiger charge is -2.40. The highest BCUT2D eigenvalue weighted by Gasteiger charge is 2.41. The molecule has 1 heterocycles. The van der Waals surface area contributed by atoms with Gasteiger partial charge in [0.05, 0.1) is 25.6 Å². The summed E-state index contributed by atoms with van der Waals surface area (Å²) in [6, 6.07) is 20.4. The Morgan fingerprint density at radius 3 is 2.31 bits per heavy atom. The molecule has 3 aromatic rings. The van der Waals surface area contributed by atoms with Crippen molar-refractivity contribution in [3.8, 4) is 5.75 Å². The van der Waals surface area contributed by atoms with Crippen LogP contribution in [0.1, 0.15) is 55.5 Å². The summed E-state index contributed by atoms with van der Waals surface area (Å²) in [5.41, 5.74) is 2.56. The fourth-order valence-electron chi connectivity index (χ4n) is 5.10. The molecule has 4 rings (SSSR count). The second-order valence-corrected chi connectivity index (χ2v) is 10.4. The topological polar surface area (TPSA) is 76.1 Å². The van der Waals surface area contributed by atoms with E-state index in [4.69, 9.17) is 16.3 Å².